The van der Waals surface area contributed by atoms with Crippen LogP contribution in [0.3, 0.4) is 0 Å². The smallest absolute Gasteiger partial charge is 0.0313 e. The maximum atomic E-state index is 3.58. The van der Waals surface area contributed by atoms with E-state index in [1.165, 1.54) is 6.42 Å². The minimum Gasteiger partial charge on any atom is -0.0845 e. The van der Waals surface area contributed by atoms with Crippen LogP contribution in [0.5, 0.6) is 0 Å². The summed E-state index contributed by atoms with van der Waals surface area (Å²) >= 11 is 0. The van der Waals surface area contributed by atoms with Gasteiger partial charge in [0.1, 0.15) is 0 Å². The number of hydrogen-bond donors (Lipinski definition) is 0. The number of rotatable bonds is 6. The van der Waals surface area contributed by atoms with Crippen molar-refractivity contribution in [3.63, 3.8) is 0 Å². The standard InChI is InChI=1S/C14H19/c1-3-5-7-9-11-13-14-12-10-8-6-4-2/h3,5,7-14H,1,4,6H2,2H3/b5-3+,9-7+,10-8+,13-11+,14-12+. The maximum Gasteiger partial charge on any atom is -0.0313 e. The first-order valence-electron chi connectivity index (χ1n) is 5.02. The van der Waals surface area contributed by atoms with Gasteiger partial charge in [-0.3, -0.25) is 0 Å². The second-order valence-corrected chi connectivity index (χ2v) is 2.80. The van der Waals surface area contributed by atoms with Crippen molar-refractivity contribution in [1.82, 2.24) is 0 Å². The molecule has 0 rings (SSSR count). The van der Waals surface area contributed by atoms with E-state index in [0.717, 1.165) is 6.42 Å². The zero-order valence-corrected chi connectivity index (χ0v) is 8.89. The van der Waals surface area contributed by atoms with Gasteiger partial charge in [0, 0.05) is 0 Å². The van der Waals surface area contributed by atoms with Crippen molar-refractivity contribution < 1.29 is 0 Å². The highest BCUT2D eigenvalue weighted by atomic mass is 13.7. The summed E-state index contributed by atoms with van der Waals surface area (Å²) < 4.78 is 0. The summed E-state index contributed by atoms with van der Waals surface area (Å²) in [6, 6.07) is 0. The van der Waals surface area contributed by atoms with Crippen molar-refractivity contribution in [2.45, 2.75) is 19.8 Å². The van der Waals surface area contributed by atoms with Crippen molar-refractivity contribution in [1.29, 1.82) is 0 Å². The lowest BCUT2D eigenvalue weighted by molar-refractivity contribution is 0.959. The Kier molecular flexibility index (Phi) is 10.6. The molecule has 0 aromatic carbocycles. The molecule has 0 saturated heterocycles. The molecule has 0 heteroatoms. The first kappa shape index (κ1) is 12.7. The van der Waals surface area contributed by atoms with Crippen LogP contribution in [0.15, 0.2) is 60.8 Å². The van der Waals surface area contributed by atoms with Crippen LogP contribution in [0.4, 0.5) is 0 Å². The third kappa shape index (κ3) is 10.7. The van der Waals surface area contributed by atoms with Crippen LogP contribution in [-0.2, 0) is 0 Å². The molecule has 0 spiro atoms. The van der Waals surface area contributed by atoms with E-state index in [0.29, 0.717) is 0 Å². The van der Waals surface area contributed by atoms with Gasteiger partial charge in [0.05, 0.1) is 0 Å². The molecule has 0 aliphatic heterocycles. The molecular formula is C14H19. The Morgan fingerprint density at radius 1 is 0.786 bits per heavy atom. The van der Waals surface area contributed by atoms with Crippen molar-refractivity contribution in [2.75, 3.05) is 0 Å². The van der Waals surface area contributed by atoms with E-state index in [1.807, 2.05) is 42.5 Å². The molecule has 0 aromatic heterocycles. The van der Waals surface area contributed by atoms with E-state index in [4.69, 9.17) is 0 Å². The van der Waals surface area contributed by atoms with Crippen LogP contribution in [-0.4, -0.2) is 0 Å². The molecular weight excluding hydrogens is 168 g/mol. The lowest BCUT2D eigenvalue weighted by Gasteiger charge is -1.79. The molecule has 1 radical (unpaired) electrons. The molecule has 0 bridgehead atoms. The lowest BCUT2D eigenvalue weighted by atomic mass is 10.3. The summed E-state index contributed by atoms with van der Waals surface area (Å²) in [5.41, 5.74) is 0. The normalized spacial score (nSPS) is 13.6. The predicted molar refractivity (Wildman–Crippen MR) is 66.0 cm³/mol. The maximum absolute atomic E-state index is 3.58. The van der Waals surface area contributed by atoms with Crippen LogP contribution in [0.2, 0.25) is 0 Å². The van der Waals surface area contributed by atoms with Gasteiger partial charge in [-0.15, -0.1) is 0 Å². The molecule has 0 aliphatic rings. The molecule has 0 atom stereocenters. The van der Waals surface area contributed by atoms with Gasteiger partial charge in [-0.2, -0.15) is 0 Å². The van der Waals surface area contributed by atoms with Gasteiger partial charge in [0.25, 0.3) is 0 Å². The fraction of sp³-hybridized carbons (Fsp3) is 0.214. The summed E-state index contributed by atoms with van der Waals surface area (Å²) in [7, 11) is 0. The van der Waals surface area contributed by atoms with Gasteiger partial charge < -0.3 is 0 Å². The van der Waals surface area contributed by atoms with Gasteiger partial charge >= 0.3 is 0 Å². The highest BCUT2D eigenvalue weighted by Gasteiger charge is 1.68. The van der Waals surface area contributed by atoms with Gasteiger partial charge in [-0.05, 0) is 13.3 Å². The molecule has 0 fully saturated rings. The Hall–Kier alpha value is -1.30. The molecule has 0 heterocycles. The second kappa shape index (κ2) is 11.7. The van der Waals surface area contributed by atoms with E-state index in [9.17, 15) is 0 Å². The van der Waals surface area contributed by atoms with E-state index >= 15 is 0 Å². The Bertz CT molecular complexity index is 237. The van der Waals surface area contributed by atoms with Gasteiger partial charge in [0.2, 0.25) is 0 Å². The van der Waals surface area contributed by atoms with E-state index in [2.05, 4.69) is 26.0 Å². The number of hydrogen-bond acceptors (Lipinski definition) is 0. The van der Waals surface area contributed by atoms with E-state index in [-0.39, 0.29) is 0 Å². The second-order valence-electron chi connectivity index (χ2n) is 2.80. The monoisotopic (exact) mass is 187 g/mol. The van der Waals surface area contributed by atoms with Crippen molar-refractivity contribution in [2.24, 2.45) is 0 Å². The summed E-state index contributed by atoms with van der Waals surface area (Å²) in [4.78, 5) is 0. The topological polar surface area (TPSA) is 0 Å². The molecule has 75 valence electrons. The molecule has 0 aromatic rings. The van der Waals surface area contributed by atoms with Crippen molar-refractivity contribution >= 4 is 0 Å². The van der Waals surface area contributed by atoms with Gasteiger partial charge in [0.15, 0.2) is 0 Å². The SMILES string of the molecule is [CH2]/C=C/C=C/C=C/C=C/C=C/CCC. The van der Waals surface area contributed by atoms with Crippen LogP contribution in [0.25, 0.3) is 0 Å². The van der Waals surface area contributed by atoms with E-state index in [1.54, 1.807) is 6.08 Å². The zero-order valence-electron chi connectivity index (χ0n) is 8.89. The molecule has 0 saturated carbocycles. The molecule has 0 nitrogen and oxygen atoms in total. The average molecular weight is 187 g/mol. The summed E-state index contributed by atoms with van der Waals surface area (Å²) in [6.45, 7) is 5.76. The fourth-order valence-electron chi connectivity index (χ4n) is 0.805. The zero-order chi connectivity index (χ0) is 10.5. The largest absolute Gasteiger partial charge is 0.0845 e. The molecule has 0 aliphatic carbocycles. The van der Waals surface area contributed by atoms with Crippen molar-refractivity contribution in [3.05, 3.63) is 67.7 Å². The number of allylic oxidation sites excluding steroid dienone is 10. The van der Waals surface area contributed by atoms with Crippen molar-refractivity contribution in [3.8, 4) is 0 Å². The van der Waals surface area contributed by atoms with Crippen LogP contribution in [0.1, 0.15) is 19.8 Å². The predicted octanol–water partition coefficient (Wildman–Crippen LogP) is 4.40. The summed E-state index contributed by atoms with van der Waals surface area (Å²) in [5, 5.41) is 0. The van der Waals surface area contributed by atoms with E-state index < -0.39 is 0 Å². The molecule has 14 heavy (non-hydrogen) atoms. The first-order valence-corrected chi connectivity index (χ1v) is 5.02. The Morgan fingerprint density at radius 3 is 1.79 bits per heavy atom. The summed E-state index contributed by atoms with van der Waals surface area (Å²) in [5.74, 6) is 0. The highest BCUT2D eigenvalue weighted by Crippen LogP contribution is 1.89. The average Bonchev–Trinajstić information content (AvgIpc) is 2.21. The molecule has 0 amide bonds. The molecule has 0 unspecified atom stereocenters. The van der Waals surface area contributed by atoms with Crippen LogP contribution in [0, 0.1) is 6.92 Å². The quantitative estimate of drug-likeness (QED) is 0.541. The Morgan fingerprint density at radius 2 is 1.29 bits per heavy atom. The molecule has 0 N–H and O–H groups in total. The summed E-state index contributed by atoms with van der Waals surface area (Å²) in [6.07, 6.45) is 22.2. The lowest BCUT2D eigenvalue weighted by Crippen LogP contribution is -1.58. The Labute approximate surface area is 88.0 Å². The van der Waals surface area contributed by atoms with Crippen LogP contribution >= 0.6 is 0 Å². The third-order valence-electron chi connectivity index (χ3n) is 1.51. The van der Waals surface area contributed by atoms with Crippen LogP contribution < -0.4 is 0 Å². The third-order valence-corrected chi connectivity index (χ3v) is 1.51. The highest BCUT2D eigenvalue weighted by molar-refractivity contribution is 5.17. The first-order chi connectivity index (χ1) is 6.91. The van der Waals surface area contributed by atoms with Gasteiger partial charge in [-0.1, -0.05) is 74.1 Å². The minimum absolute atomic E-state index is 1.16. The number of unbranched alkanes of at least 4 members (excludes halogenated alkanes) is 1. The Balaban J connectivity index is 3.60. The minimum atomic E-state index is 1.16. The fourth-order valence-corrected chi connectivity index (χ4v) is 0.805. The van der Waals surface area contributed by atoms with Gasteiger partial charge in [-0.25, -0.2) is 0 Å².